The second kappa shape index (κ2) is 6.41. The number of hydrogen-bond acceptors (Lipinski definition) is 4. The summed E-state index contributed by atoms with van der Waals surface area (Å²) in [5, 5.41) is 0. The van der Waals surface area contributed by atoms with Gasteiger partial charge in [-0.3, -0.25) is 14.5 Å². The molecule has 26 heavy (non-hydrogen) atoms. The Morgan fingerprint density at radius 2 is 1.96 bits per heavy atom. The van der Waals surface area contributed by atoms with Gasteiger partial charge in [-0.15, -0.1) is 0 Å². The molecule has 4 heterocycles. The molecule has 0 saturated carbocycles. The highest BCUT2D eigenvalue weighted by Crippen LogP contribution is 2.57. The Morgan fingerprint density at radius 1 is 1.19 bits per heavy atom. The first-order valence-corrected chi connectivity index (χ1v) is 9.79. The topological polar surface area (TPSA) is 57.0 Å². The zero-order chi connectivity index (χ0) is 18.4. The van der Waals surface area contributed by atoms with E-state index >= 15 is 0 Å². The largest absolute Gasteiger partial charge is 0.468 e. The predicted octanol–water partition coefficient (Wildman–Crippen LogP) is 1.96. The van der Waals surface area contributed by atoms with Gasteiger partial charge in [-0.25, -0.2) is 0 Å². The van der Waals surface area contributed by atoms with Crippen LogP contribution in [0.4, 0.5) is 0 Å². The molecule has 3 aliphatic heterocycles. The van der Waals surface area contributed by atoms with Crippen LogP contribution < -0.4 is 0 Å². The third-order valence-corrected chi connectivity index (χ3v) is 7.07. The molecule has 0 aromatic carbocycles. The van der Waals surface area contributed by atoms with E-state index in [2.05, 4.69) is 4.90 Å². The molecule has 142 valence electrons. The van der Waals surface area contributed by atoms with Crippen LogP contribution in [0.2, 0.25) is 0 Å². The molecule has 2 amide bonds. The van der Waals surface area contributed by atoms with Crippen molar-refractivity contribution in [3.8, 4) is 0 Å². The second-order valence-electron chi connectivity index (χ2n) is 8.23. The van der Waals surface area contributed by atoms with Crippen molar-refractivity contribution in [3.05, 3.63) is 24.2 Å². The monoisotopic (exact) mass is 359 g/mol. The lowest BCUT2D eigenvalue weighted by atomic mass is 9.60. The van der Waals surface area contributed by atoms with E-state index in [4.69, 9.17) is 4.42 Å². The van der Waals surface area contributed by atoms with Crippen LogP contribution in [-0.4, -0.2) is 65.8 Å². The van der Waals surface area contributed by atoms with Crippen molar-refractivity contribution in [1.82, 2.24) is 14.7 Å². The van der Waals surface area contributed by atoms with Gasteiger partial charge in [0.1, 0.15) is 5.76 Å². The number of fused-ring (bicyclic) bond motifs is 1. The molecule has 6 nitrogen and oxygen atoms in total. The molecule has 0 aliphatic carbocycles. The van der Waals surface area contributed by atoms with Crippen LogP contribution in [0.15, 0.2) is 22.8 Å². The van der Waals surface area contributed by atoms with Crippen molar-refractivity contribution in [2.45, 2.75) is 39.7 Å². The summed E-state index contributed by atoms with van der Waals surface area (Å²) >= 11 is 0. The Hall–Kier alpha value is -1.82. The van der Waals surface area contributed by atoms with E-state index in [1.54, 1.807) is 13.2 Å². The molecule has 3 aliphatic rings. The predicted molar refractivity (Wildman–Crippen MR) is 97.2 cm³/mol. The lowest BCUT2D eigenvalue weighted by Crippen LogP contribution is -2.52. The SMILES string of the molecule is CCN1CC[C@@]2(CN(C(C)=O)CC23CCN(Cc2ccco2)CC3)C1=O. The number of carbonyl (C=O) groups is 2. The first kappa shape index (κ1) is 17.6. The Bertz CT molecular complexity index is 678. The molecule has 1 aromatic rings. The van der Waals surface area contributed by atoms with Gasteiger partial charge in [0, 0.05) is 38.5 Å². The molecule has 3 fully saturated rings. The van der Waals surface area contributed by atoms with Crippen molar-refractivity contribution in [3.63, 3.8) is 0 Å². The lowest BCUT2D eigenvalue weighted by molar-refractivity contribution is -0.142. The van der Waals surface area contributed by atoms with Crippen LogP contribution >= 0.6 is 0 Å². The zero-order valence-corrected chi connectivity index (χ0v) is 15.9. The van der Waals surface area contributed by atoms with Crippen molar-refractivity contribution in [2.24, 2.45) is 10.8 Å². The summed E-state index contributed by atoms with van der Waals surface area (Å²) in [5.74, 6) is 1.37. The fourth-order valence-corrected chi connectivity index (χ4v) is 5.46. The molecule has 1 atom stereocenters. The number of furan rings is 1. The highest BCUT2D eigenvalue weighted by molar-refractivity contribution is 5.88. The fraction of sp³-hybridized carbons (Fsp3) is 0.700. The third-order valence-electron chi connectivity index (χ3n) is 7.07. The molecule has 6 heteroatoms. The molecule has 3 saturated heterocycles. The van der Waals surface area contributed by atoms with Gasteiger partial charge in [0.15, 0.2) is 0 Å². The average molecular weight is 359 g/mol. The molecule has 0 radical (unpaired) electrons. The summed E-state index contributed by atoms with van der Waals surface area (Å²) in [4.78, 5) is 31.7. The van der Waals surface area contributed by atoms with E-state index in [0.29, 0.717) is 6.54 Å². The smallest absolute Gasteiger partial charge is 0.231 e. The first-order chi connectivity index (χ1) is 12.5. The van der Waals surface area contributed by atoms with Gasteiger partial charge in [-0.05, 0) is 51.4 Å². The van der Waals surface area contributed by atoms with Crippen LogP contribution in [0, 0.1) is 10.8 Å². The minimum absolute atomic E-state index is 0.0701. The maximum atomic E-state index is 13.3. The van der Waals surface area contributed by atoms with Crippen molar-refractivity contribution < 1.29 is 14.0 Å². The number of hydrogen-bond donors (Lipinski definition) is 0. The average Bonchev–Trinajstić information content (AvgIpc) is 3.32. The van der Waals surface area contributed by atoms with Gasteiger partial charge in [0.25, 0.3) is 0 Å². The van der Waals surface area contributed by atoms with E-state index in [-0.39, 0.29) is 22.6 Å². The standard InChI is InChI=1S/C20H29N3O3/c1-3-22-11-8-20(18(22)25)15-23(16(2)24)14-19(20)6-9-21(10-7-19)13-17-5-4-12-26-17/h4-5,12H,3,6-11,13-15H2,1-2H3/t20-/m1/s1. The number of amides is 2. The Balaban J connectivity index is 1.55. The first-order valence-electron chi connectivity index (χ1n) is 9.79. The fourth-order valence-electron chi connectivity index (χ4n) is 5.46. The lowest BCUT2D eigenvalue weighted by Gasteiger charge is -2.46. The Morgan fingerprint density at radius 3 is 2.54 bits per heavy atom. The Labute approximate surface area is 155 Å². The highest BCUT2D eigenvalue weighted by Gasteiger charge is 2.65. The molecule has 0 N–H and O–H groups in total. The summed E-state index contributed by atoms with van der Waals surface area (Å²) in [7, 11) is 0. The molecule has 2 spiro atoms. The van der Waals surface area contributed by atoms with E-state index in [0.717, 1.165) is 64.3 Å². The molecular formula is C20H29N3O3. The maximum absolute atomic E-state index is 13.3. The number of carbonyl (C=O) groups excluding carboxylic acids is 2. The van der Waals surface area contributed by atoms with Gasteiger partial charge in [0.2, 0.25) is 11.8 Å². The van der Waals surface area contributed by atoms with E-state index < -0.39 is 0 Å². The maximum Gasteiger partial charge on any atom is 0.231 e. The van der Waals surface area contributed by atoms with Gasteiger partial charge in [0.05, 0.1) is 18.2 Å². The minimum Gasteiger partial charge on any atom is -0.468 e. The number of nitrogens with zero attached hydrogens (tertiary/aromatic N) is 3. The Kier molecular flexibility index (Phi) is 4.34. The molecule has 0 bridgehead atoms. The van der Waals surface area contributed by atoms with Crippen LogP contribution in [0.3, 0.4) is 0 Å². The summed E-state index contributed by atoms with van der Waals surface area (Å²) in [6.07, 6.45) is 4.55. The highest BCUT2D eigenvalue weighted by atomic mass is 16.3. The van der Waals surface area contributed by atoms with Gasteiger partial charge < -0.3 is 14.2 Å². The summed E-state index contributed by atoms with van der Waals surface area (Å²) in [6, 6.07) is 3.94. The quantitative estimate of drug-likeness (QED) is 0.828. The molecule has 1 aromatic heterocycles. The van der Waals surface area contributed by atoms with Crippen molar-refractivity contribution in [2.75, 3.05) is 39.3 Å². The van der Waals surface area contributed by atoms with Crippen LogP contribution in [0.5, 0.6) is 0 Å². The van der Waals surface area contributed by atoms with Crippen LogP contribution in [0.25, 0.3) is 0 Å². The van der Waals surface area contributed by atoms with Gasteiger partial charge in [-0.1, -0.05) is 0 Å². The van der Waals surface area contributed by atoms with Crippen LogP contribution in [-0.2, 0) is 16.1 Å². The summed E-state index contributed by atoms with van der Waals surface area (Å²) in [5.41, 5.74) is -0.440. The third kappa shape index (κ3) is 2.57. The van der Waals surface area contributed by atoms with Crippen molar-refractivity contribution in [1.29, 1.82) is 0 Å². The van der Waals surface area contributed by atoms with E-state index in [1.165, 1.54) is 0 Å². The molecule has 0 unspecified atom stereocenters. The van der Waals surface area contributed by atoms with Gasteiger partial charge in [-0.2, -0.15) is 0 Å². The molecular weight excluding hydrogens is 330 g/mol. The number of piperidine rings is 1. The molecule has 4 rings (SSSR count). The van der Waals surface area contributed by atoms with E-state index in [1.807, 2.05) is 28.9 Å². The zero-order valence-electron chi connectivity index (χ0n) is 15.9. The van der Waals surface area contributed by atoms with Crippen LogP contribution in [0.1, 0.15) is 38.9 Å². The summed E-state index contributed by atoms with van der Waals surface area (Å²) in [6.45, 7) is 9.35. The number of likely N-dealkylation sites (tertiary alicyclic amines) is 3. The normalized spacial score (nSPS) is 28.6. The minimum atomic E-state index is -0.370. The van der Waals surface area contributed by atoms with E-state index in [9.17, 15) is 9.59 Å². The summed E-state index contributed by atoms with van der Waals surface area (Å²) < 4.78 is 5.49. The van der Waals surface area contributed by atoms with Crippen molar-refractivity contribution >= 4 is 11.8 Å². The second-order valence-corrected chi connectivity index (χ2v) is 8.23. The van der Waals surface area contributed by atoms with Gasteiger partial charge >= 0.3 is 0 Å². The number of rotatable bonds is 3.